The number of rotatable bonds is 10. The average Bonchev–Trinajstić information content (AvgIpc) is 3.11. The summed E-state index contributed by atoms with van der Waals surface area (Å²) in [4.78, 5) is 36.5. The highest BCUT2D eigenvalue weighted by molar-refractivity contribution is 5.87. The predicted octanol–water partition coefficient (Wildman–Crippen LogP) is 4.45. The van der Waals surface area contributed by atoms with Gasteiger partial charge in [-0.25, -0.2) is 9.59 Å². The molecule has 2 aromatic rings. The molecule has 0 aromatic heterocycles. The van der Waals surface area contributed by atoms with Crippen LogP contribution in [0.3, 0.4) is 0 Å². The Balaban J connectivity index is 1.58. The summed E-state index contributed by atoms with van der Waals surface area (Å²) >= 11 is 0. The van der Waals surface area contributed by atoms with Crippen LogP contribution in [0.15, 0.2) is 48.5 Å². The van der Waals surface area contributed by atoms with E-state index >= 15 is 0 Å². The van der Waals surface area contributed by atoms with Crippen molar-refractivity contribution in [1.29, 1.82) is 0 Å². The number of carbonyl (C=O) groups excluding carboxylic acids is 2. The van der Waals surface area contributed by atoms with Gasteiger partial charge in [0.25, 0.3) is 0 Å². The number of carboxylic acids is 1. The number of aliphatic carboxylic acids is 1. The molecule has 0 saturated heterocycles. The van der Waals surface area contributed by atoms with Crippen molar-refractivity contribution in [1.82, 2.24) is 10.6 Å². The molecule has 1 aliphatic rings. The number of hydrogen-bond donors (Lipinski definition) is 3. The smallest absolute Gasteiger partial charge is 0.407 e. The van der Waals surface area contributed by atoms with Crippen LogP contribution in [0.5, 0.6) is 0 Å². The summed E-state index contributed by atoms with van der Waals surface area (Å²) in [5.41, 5.74) is 3.23. The Kier molecular flexibility index (Phi) is 7.74. The molecule has 2 amide bonds. The van der Waals surface area contributed by atoms with Gasteiger partial charge in [-0.3, -0.25) is 4.79 Å². The topological polar surface area (TPSA) is 105 Å². The van der Waals surface area contributed by atoms with Crippen LogP contribution in [0.4, 0.5) is 4.79 Å². The summed E-state index contributed by atoms with van der Waals surface area (Å²) in [6, 6.07) is 15.7. The Bertz CT molecular complexity index is 976. The fraction of sp³-hybridized carbons (Fsp3) is 0.423. The molecule has 0 fully saturated rings. The lowest BCUT2D eigenvalue weighted by atomic mass is 9.95. The normalized spacial score (nSPS) is 15.0. The fourth-order valence-corrected chi connectivity index (χ4v) is 4.41. The van der Waals surface area contributed by atoms with Crippen molar-refractivity contribution < 1.29 is 24.2 Å². The van der Waals surface area contributed by atoms with E-state index in [1.54, 1.807) is 0 Å². The third kappa shape index (κ3) is 5.53. The van der Waals surface area contributed by atoms with Crippen LogP contribution < -0.4 is 10.6 Å². The number of carbonyl (C=O) groups is 3. The van der Waals surface area contributed by atoms with Crippen LogP contribution in [0.1, 0.15) is 63.5 Å². The Morgan fingerprint density at radius 3 is 2.12 bits per heavy atom. The summed E-state index contributed by atoms with van der Waals surface area (Å²) in [7, 11) is 0. The molecular formula is C26H32N2O5. The predicted molar refractivity (Wildman–Crippen MR) is 126 cm³/mol. The van der Waals surface area contributed by atoms with Crippen LogP contribution in [0.2, 0.25) is 0 Å². The minimum Gasteiger partial charge on any atom is -0.480 e. The molecule has 7 heteroatoms. The van der Waals surface area contributed by atoms with E-state index in [1.807, 2.05) is 38.1 Å². The van der Waals surface area contributed by atoms with Crippen LogP contribution in [-0.2, 0) is 14.3 Å². The largest absolute Gasteiger partial charge is 0.480 e. The molecule has 2 atom stereocenters. The third-order valence-corrected chi connectivity index (χ3v) is 6.23. The molecule has 0 spiro atoms. The summed E-state index contributed by atoms with van der Waals surface area (Å²) in [6.45, 7) is 5.40. The van der Waals surface area contributed by atoms with Crippen molar-refractivity contribution in [2.75, 3.05) is 6.61 Å². The van der Waals surface area contributed by atoms with Gasteiger partial charge in [0, 0.05) is 18.4 Å². The molecule has 3 N–H and O–H groups in total. The van der Waals surface area contributed by atoms with Crippen molar-refractivity contribution >= 4 is 18.0 Å². The minimum absolute atomic E-state index is 0.0206. The third-order valence-electron chi connectivity index (χ3n) is 6.23. The second-order valence-electron chi connectivity index (χ2n) is 8.71. The zero-order valence-electron chi connectivity index (χ0n) is 19.4. The molecule has 7 nitrogen and oxygen atoms in total. The van der Waals surface area contributed by atoms with E-state index in [0.717, 1.165) is 22.3 Å². The maximum absolute atomic E-state index is 12.5. The highest BCUT2D eigenvalue weighted by Gasteiger charge is 2.34. The summed E-state index contributed by atoms with van der Waals surface area (Å²) in [5.74, 6) is -1.54. The quantitative estimate of drug-likeness (QED) is 0.494. The second-order valence-corrected chi connectivity index (χ2v) is 8.71. The Labute approximate surface area is 194 Å². The number of nitrogens with one attached hydrogen (secondary N) is 2. The molecule has 0 saturated carbocycles. The Hall–Kier alpha value is -3.35. The SMILES string of the molecule is CCCC(C)(NC(=O)CC(CC)NC(=O)OCC1c2ccccc2-c2ccccc21)C(=O)O. The van der Waals surface area contributed by atoms with Gasteiger partial charge in [-0.2, -0.15) is 0 Å². The van der Waals surface area contributed by atoms with E-state index in [2.05, 4.69) is 34.9 Å². The number of fused-ring (bicyclic) bond motifs is 3. The average molecular weight is 453 g/mol. The fourth-order valence-electron chi connectivity index (χ4n) is 4.41. The first-order valence-corrected chi connectivity index (χ1v) is 11.4. The van der Waals surface area contributed by atoms with Crippen LogP contribution in [-0.4, -0.2) is 41.3 Å². The van der Waals surface area contributed by atoms with E-state index in [0.29, 0.717) is 19.3 Å². The van der Waals surface area contributed by atoms with Crippen molar-refractivity contribution in [3.05, 3.63) is 59.7 Å². The number of ether oxygens (including phenoxy) is 1. The molecule has 2 unspecified atom stereocenters. The number of carboxylic acid groups (broad SMARTS) is 1. The van der Waals surface area contributed by atoms with Gasteiger partial charge >= 0.3 is 12.1 Å². The monoisotopic (exact) mass is 452 g/mol. The number of hydrogen-bond acceptors (Lipinski definition) is 4. The van der Waals surface area contributed by atoms with Crippen molar-refractivity contribution in [3.63, 3.8) is 0 Å². The zero-order chi connectivity index (χ0) is 24.0. The number of amides is 2. The molecule has 1 aliphatic carbocycles. The molecule has 2 aromatic carbocycles. The van der Waals surface area contributed by atoms with Gasteiger partial charge in [0.15, 0.2) is 0 Å². The van der Waals surface area contributed by atoms with Crippen molar-refractivity contribution in [2.24, 2.45) is 0 Å². The van der Waals surface area contributed by atoms with Gasteiger partial charge in [-0.1, -0.05) is 68.8 Å². The van der Waals surface area contributed by atoms with Gasteiger partial charge in [-0.05, 0) is 42.0 Å². The van der Waals surface area contributed by atoms with Gasteiger partial charge in [-0.15, -0.1) is 0 Å². The second kappa shape index (κ2) is 10.5. The van der Waals surface area contributed by atoms with E-state index in [-0.39, 0.29) is 18.9 Å². The first kappa shape index (κ1) is 24.3. The first-order chi connectivity index (χ1) is 15.8. The molecule has 0 heterocycles. The van der Waals surface area contributed by atoms with Crippen LogP contribution in [0, 0.1) is 0 Å². The molecule has 0 aliphatic heterocycles. The van der Waals surface area contributed by atoms with Gasteiger partial charge < -0.3 is 20.5 Å². The lowest BCUT2D eigenvalue weighted by Gasteiger charge is -2.27. The summed E-state index contributed by atoms with van der Waals surface area (Å²) in [6.07, 6.45) is 0.844. The zero-order valence-corrected chi connectivity index (χ0v) is 19.4. The molecule has 0 bridgehead atoms. The number of alkyl carbamates (subject to hydrolysis) is 1. The van der Waals surface area contributed by atoms with Crippen molar-refractivity contribution in [3.8, 4) is 11.1 Å². The minimum atomic E-state index is -1.33. The lowest BCUT2D eigenvalue weighted by molar-refractivity contribution is -0.147. The Morgan fingerprint density at radius 1 is 1.03 bits per heavy atom. The number of benzene rings is 2. The summed E-state index contributed by atoms with van der Waals surface area (Å²) in [5, 5.41) is 14.8. The molecule has 0 radical (unpaired) electrons. The maximum Gasteiger partial charge on any atom is 0.407 e. The van der Waals surface area contributed by atoms with E-state index < -0.39 is 29.6 Å². The first-order valence-electron chi connectivity index (χ1n) is 11.4. The highest BCUT2D eigenvalue weighted by atomic mass is 16.5. The molecule has 33 heavy (non-hydrogen) atoms. The lowest BCUT2D eigenvalue weighted by Crippen LogP contribution is -2.53. The van der Waals surface area contributed by atoms with Crippen LogP contribution in [0.25, 0.3) is 11.1 Å². The molecule has 176 valence electrons. The highest BCUT2D eigenvalue weighted by Crippen LogP contribution is 2.44. The van der Waals surface area contributed by atoms with Crippen LogP contribution >= 0.6 is 0 Å². The Morgan fingerprint density at radius 2 is 1.61 bits per heavy atom. The van der Waals surface area contributed by atoms with E-state index in [9.17, 15) is 19.5 Å². The van der Waals surface area contributed by atoms with Gasteiger partial charge in [0.05, 0.1) is 0 Å². The van der Waals surface area contributed by atoms with Crippen molar-refractivity contribution in [2.45, 2.75) is 64.0 Å². The summed E-state index contributed by atoms with van der Waals surface area (Å²) < 4.78 is 5.56. The molecular weight excluding hydrogens is 420 g/mol. The van der Waals surface area contributed by atoms with E-state index in [1.165, 1.54) is 6.92 Å². The van der Waals surface area contributed by atoms with E-state index in [4.69, 9.17) is 4.74 Å². The van der Waals surface area contributed by atoms with Gasteiger partial charge in [0.2, 0.25) is 5.91 Å². The van der Waals surface area contributed by atoms with Gasteiger partial charge in [0.1, 0.15) is 12.1 Å². The maximum atomic E-state index is 12.5. The standard InChI is InChI=1S/C26H32N2O5/c1-4-14-26(3,24(30)31)28-23(29)15-17(5-2)27-25(32)33-16-22-20-12-8-6-10-18(20)19-11-7-9-13-21(19)22/h6-13,17,22H,4-5,14-16H2,1-3H3,(H,27,32)(H,28,29)(H,30,31). The molecule has 3 rings (SSSR count).